The maximum absolute atomic E-state index is 4.51. The third-order valence-electron chi connectivity index (χ3n) is 4.08. The minimum Gasteiger partial charge on any atom is -0.372 e. The van der Waals surface area contributed by atoms with Crippen molar-refractivity contribution in [3.8, 4) is 0 Å². The molecule has 1 fully saturated rings. The molecule has 0 radical (unpaired) electrons. The summed E-state index contributed by atoms with van der Waals surface area (Å²) < 4.78 is 2.01. The largest absolute Gasteiger partial charge is 0.372 e. The van der Waals surface area contributed by atoms with E-state index < -0.39 is 0 Å². The van der Waals surface area contributed by atoms with Crippen LogP contribution in [-0.2, 0) is 7.05 Å². The molecule has 114 valence electrons. The number of aryl methyl sites for hydroxylation is 1. The Morgan fingerprint density at radius 2 is 1.68 bits per heavy atom. The third kappa shape index (κ3) is 3.45. The van der Waals surface area contributed by atoms with E-state index >= 15 is 0 Å². The second-order valence-corrected chi connectivity index (χ2v) is 5.78. The van der Waals surface area contributed by atoms with Crippen molar-refractivity contribution in [3.63, 3.8) is 0 Å². The zero-order valence-corrected chi connectivity index (χ0v) is 13.3. The molecule has 0 bridgehead atoms. The van der Waals surface area contributed by atoms with Crippen LogP contribution in [-0.4, -0.2) is 26.4 Å². The molecule has 2 aromatic rings. The summed E-state index contributed by atoms with van der Waals surface area (Å²) in [5.41, 5.74) is 3.51. The highest BCUT2D eigenvalue weighted by Gasteiger charge is 2.12. The Hall–Kier alpha value is -2.36. The molecule has 22 heavy (non-hydrogen) atoms. The Morgan fingerprint density at radius 3 is 2.32 bits per heavy atom. The van der Waals surface area contributed by atoms with E-state index in [0.717, 1.165) is 11.3 Å². The Bertz CT molecular complexity index is 625. The van der Waals surface area contributed by atoms with Crippen LogP contribution < -0.4 is 14.5 Å². The zero-order valence-electron chi connectivity index (χ0n) is 13.3. The number of pyridine rings is 1. The first-order valence-electron chi connectivity index (χ1n) is 7.80. The fraction of sp³-hybridized carbons (Fsp3) is 0.333. The highest BCUT2D eigenvalue weighted by molar-refractivity contribution is 5.79. The summed E-state index contributed by atoms with van der Waals surface area (Å²) in [6.07, 6.45) is 8.54. The predicted molar refractivity (Wildman–Crippen MR) is 91.5 cm³/mol. The van der Waals surface area contributed by atoms with Crippen molar-refractivity contribution < 1.29 is 4.57 Å². The Morgan fingerprint density at radius 1 is 1.05 bits per heavy atom. The number of hydrazone groups is 1. The molecule has 4 nitrogen and oxygen atoms in total. The Kier molecular flexibility index (Phi) is 4.37. The summed E-state index contributed by atoms with van der Waals surface area (Å²) >= 11 is 0. The van der Waals surface area contributed by atoms with E-state index in [-0.39, 0.29) is 0 Å². The summed E-state index contributed by atoms with van der Waals surface area (Å²) in [5, 5.41) is 6.41. The predicted octanol–water partition coefficient (Wildman–Crippen LogP) is 2.58. The maximum atomic E-state index is 4.51. The topological polar surface area (TPSA) is 22.7 Å². The number of aromatic nitrogens is 1. The molecule has 0 unspecified atom stereocenters. The lowest BCUT2D eigenvalue weighted by molar-refractivity contribution is -0.671. The molecule has 1 aliphatic rings. The van der Waals surface area contributed by atoms with Crippen LogP contribution in [0.5, 0.6) is 0 Å². The van der Waals surface area contributed by atoms with Crippen molar-refractivity contribution in [1.82, 2.24) is 0 Å². The van der Waals surface area contributed by atoms with Gasteiger partial charge in [-0.15, -0.1) is 0 Å². The van der Waals surface area contributed by atoms with E-state index in [2.05, 4.69) is 34.3 Å². The fourth-order valence-electron chi connectivity index (χ4n) is 2.67. The molecule has 1 saturated heterocycles. The van der Waals surface area contributed by atoms with Gasteiger partial charge in [0, 0.05) is 43.5 Å². The quantitative estimate of drug-likeness (QED) is 0.491. The van der Waals surface area contributed by atoms with Crippen LogP contribution in [0.15, 0.2) is 53.9 Å². The maximum Gasteiger partial charge on any atom is 0.169 e. The molecule has 4 heteroatoms. The number of hydrogen-bond donors (Lipinski definition) is 0. The number of anilines is 2. The minimum absolute atomic E-state index is 1.10. The van der Waals surface area contributed by atoms with E-state index in [0.29, 0.717) is 0 Å². The molecule has 1 aromatic heterocycles. The zero-order chi connectivity index (χ0) is 15.4. The second kappa shape index (κ2) is 6.60. The molecule has 0 atom stereocenters. The van der Waals surface area contributed by atoms with E-state index in [1.165, 1.54) is 31.6 Å². The average molecular weight is 295 g/mol. The summed E-state index contributed by atoms with van der Waals surface area (Å²) in [6, 6.07) is 12.7. The van der Waals surface area contributed by atoms with Crippen molar-refractivity contribution >= 4 is 17.6 Å². The van der Waals surface area contributed by atoms with Crippen molar-refractivity contribution in [2.45, 2.75) is 12.8 Å². The van der Waals surface area contributed by atoms with Gasteiger partial charge in [-0.2, -0.15) is 5.10 Å². The lowest BCUT2D eigenvalue weighted by Gasteiger charge is -2.19. The summed E-state index contributed by atoms with van der Waals surface area (Å²) in [4.78, 5) is 2.44. The van der Waals surface area contributed by atoms with Gasteiger partial charge in [0.1, 0.15) is 7.05 Å². The second-order valence-electron chi connectivity index (χ2n) is 5.78. The molecule has 1 aliphatic heterocycles. The molecule has 2 heterocycles. The molecule has 0 saturated carbocycles. The van der Waals surface area contributed by atoms with Gasteiger partial charge in [-0.3, -0.25) is 5.01 Å². The van der Waals surface area contributed by atoms with Crippen molar-refractivity contribution in [1.29, 1.82) is 0 Å². The number of nitrogens with zero attached hydrogens (tertiary/aromatic N) is 4. The van der Waals surface area contributed by atoms with Crippen molar-refractivity contribution in [3.05, 3.63) is 54.4 Å². The number of benzene rings is 1. The van der Waals surface area contributed by atoms with Gasteiger partial charge in [0.25, 0.3) is 0 Å². The van der Waals surface area contributed by atoms with E-state index in [1.807, 2.05) is 54.4 Å². The summed E-state index contributed by atoms with van der Waals surface area (Å²) in [6.45, 7) is 2.36. The monoisotopic (exact) mass is 295 g/mol. The Balaban J connectivity index is 1.66. The average Bonchev–Trinajstić information content (AvgIpc) is 3.09. The molecular formula is C18H23N4+. The molecule has 0 N–H and O–H groups in total. The van der Waals surface area contributed by atoms with Gasteiger partial charge < -0.3 is 4.90 Å². The molecule has 3 rings (SSSR count). The van der Waals surface area contributed by atoms with E-state index in [4.69, 9.17) is 0 Å². The van der Waals surface area contributed by atoms with E-state index in [1.54, 1.807) is 0 Å². The normalized spacial score (nSPS) is 14.7. The molecule has 1 aromatic carbocycles. The smallest absolute Gasteiger partial charge is 0.169 e. The fourth-order valence-corrected chi connectivity index (χ4v) is 2.67. The van der Waals surface area contributed by atoms with Gasteiger partial charge in [-0.25, -0.2) is 4.57 Å². The van der Waals surface area contributed by atoms with Crippen LogP contribution in [0.4, 0.5) is 11.4 Å². The summed E-state index contributed by atoms with van der Waals surface area (Å²) in [7, 11) is 3.99. The standard InChI is InChI=1S/C18H23N4/c1-20-13-9-16(10-14-20)15-19-21(2)17-5-7-18(8-6-17)22-11-3-4-12-22/h5-10,13-15H,3-4,11-12H2,1-2H3/q+1. The molecular weight excluding hydrogens is 272 g/mol. The van der Waals surface area contributed by atoms with Crippen LogP contribution in [0.2, 0.25) is 0 Å². The van der Waals surface area contributed by atoms with Crippen LogP contribution in [0, 0.1) is 0 Å². The lowest BCUT2D eigenvalue weighted by atomic mass is 10.2. The molecule has 0 aliphatic carbocycles. The van der Waals surface area contributed by atoms with Gasteiger partial charge in [-0.1, -0.05) is 0 Å². The van der Waals surface area contributed by atoms with Crippen LogP contribution in [0.1, 0.15) is 18.4 Å². The van der Waals surface area contributed by atoms with Crippen molar-refractivity contribution in [2.24, 2.45) is 12.1 Å². The van der Waals surface area contributed by atoms with Gasteiger partial charge >= 0.3 is 0 Å². The molecule has 0 spiro atoms. The highest BCUT2D eigenvalue weighted by atomic mass is 15.4. The SMILES string of the molecule is CN(/N=C/c1cc[n+](C)cc1)c1ccc(N2CCCC2)cc1. The van der Waals surface area contributed by atoms with Gasteiger partial charge in [-0.05, 0) is 37.1 Å². The van der Waals surface area contributed by atoms with Crippen molar-refractivity contribution in [2.75, 3.05) is 30.0 Å². The number of hydrogen-bond acceptors (Lipinski definition) is 3. The third-order valence-corrected chi connectivity index (χ3v) is 4.08. The molecule has 0 amide bonds. The highest BCUT2D eigenvalue weighted by Crippen LogP contribution is 2.23. The van der Waals surface area contributed by atoms with Crippen LogP contribution in [0.3, 0.4) is 0 Å². The van der Waals surface area contributed by atoms with E-state index in [9.17, 15) is 0 Å². The number of rotatable bonds is 4. The first kappa shape index (κ1) is 14.6. The minimum atomic E-state index is 1.10. The summed E-state index contributed by atoms with van der Waals surface area (Å²) in [5.74, 6) is 0. The van der Waals surface area contributed by atoms with Crippen LogP contribution in [0.25, 0.3) is 0 Å². The van der Waals surface area contributed by atoms with Crippen LogP contribution >= 0.6 is 0 Å². The Labute approximate surface area is 132 Å². The lowest BCUT2D eigenvalue weighted by Crippen LogP contribution is -2.25. The first-order valence-corrected chi connectivity index (χ1v) is 7.80. The first-order chi connectivity index (χ1) is 10.7. The van der Waals surface area contributed by atoms with Gasteiger partial charge in [0.2, 0.25) is 0 Å². The van der Waals surface area contributed by atoms with Gasteiger partial charge in [0.15, 0.2) is 12.4 Å². The van der Waals surface area contributed by atoms with Gasteiger partial charge in [0.05, 0.1) is 11.9 Å².